The van der Waals surface area contributed by atoms with Gasteiger partial charge in [0.25, 0.3) is 5.91 Å². The second-order valence-electron chi connectivity index (χ2n) is 11.1. The zero-order valence-corrected chi connectivity index (χ0v) is 21.8. The Hall–Kier alpha value is -3.29. The van der Waals surface area contributed by atoms with Crippen molar-refractivity contribution < 1.29 is 14.4 Å². The lowest BCUT2D eigenvalue weighted by atomic mass is 9.75. The number of β-lactam (4-membered cyclic amide) rings is 1. The Labute approximate surface area is 218 Å². The summed E-state index contributed by atoms with van der Waals surface area (Å²) in [5.41, 5.74) is 8.16. The van der Waals surface area contributed by atoms with Gasteiger partial charge in [-0.05, 0) is 73.8 Å². The molecule has 0 unspecified atom stereocenters. The Morgan fingerprint density at radius 3 is 2.43 bits per heavy atom. The first kappa shape index (κ1) is 25.4. The number of aryl methyl sites for hydroxylation is 1. The smallest absolute Gasteiger partial charge is 0.250 e. The van der Waals surface area contributed by atoms with Gasteiger partial charge in [-0.2, -0.15) is 0 Å². The van der Waals surface area contributed by atoms with Crippen LogP contribution in [-0.4, -0.2) is 45.7 Å². The number of likely N-dealkylation sites (tertiary alicyclic amines) is 1. The van der Waals surface area contributed by atoms with E-state index >= 15 is 0 Å². The summed E-state index contributed by atoms with van der Waals surface area (Å²) in [6.07, 6.45) is 12.3. The summed E-state index contributed by atoms with van der Waals surface area (Å²) in [6.45, 7) is 1.87. The number of likely N-dealkylation sites (N-methyl/N-ethyl adjacent to an activating group) is 1. The van der Waals surface area contributed by atoms with Crippen molar-refractivity contribution in [3.8, 4) is 0 Å². The fourth-order valence-corrected chi connectivity index (χ4v) is 6.35. The maximum atomic E-state index is 13.8. The average Bonchev–Trinajstić information content (AvgIpc) is 3.74. The van der Waals surface area contributed by atoms with Gasteiger partial charge in [-0.25, -0.2) is 4.98 Å². The number of nitrogens with zero attached hydrogens (tertiary/aromatic N) is 4. The molecular formula is C29H37N5O3. The predicted molar refractivity (Wildman–Crippen MR) is 141 cm³/mol. The van der Waals surface area contributed by atoms with Crippen molar-refractivity contribution in [1.82, 2.24) is 14.9 Å². The Morgan fingerprint density at radius 2 is 1.76 bits per heavy atom. The molecule has 37 heavy (non-hydrogen) atoms. The van der Waals surface area contributed by atoms with Crippen LogP contribution in [-0.2, 0) is 20.8 Å². The van der Waals surface area contributed by atoms with Crippen molar-refractivity contribution >= 4 is 29.2 Å². The highest BCUT2D eigenvalue weighted by molar-refractivity contribution is 6.12. The maximum Gasteiger partial charge on any atom is 0.250 e. The number of carbonyl (C=O) groups excluding carboxylic acids is 3. The predicted octanol–water partition coefficient (Wildman–Crippen LogP) is 3.92. The molecule has 3 heterocycles. The van der Waals surface area contributed by atoms with E-state index in [-0.39, 0.29) is 17.7 Å². The Bertz CT molecular complexity index is 1170. The number of amides is 3. The Balaban J connectivity index is 1.38. The third-order valence-electron chi connectivity index (χ3n) is 8.53. The molecule has 1 aliphatic heterocycles. The number of nitrogen functional groups attached to an aromatic ring is 1. The van der Waals surface area contributed by atoms with Gasteiger partial charge in [0.15, 0.2) is 0 Å². The zero-order chi connectivity index (χ0) is 26.1. The van der Waals surface area contributed by atoms with Gasteiger partial charge in [-0.15, -0.1) is 0 Å². The van der Waals surface area contributed by atoms with Crippen molar-refractivity contribution in [3.05, 3.63) is 47.9 Å². The molecule has 0 spiro atoms. The number of carbonyl (C=O) groups is 3. The number of hydrogen-bond donors (Lipinski definition) is 1. The Kier molecular flexibility index (Phi) is 7.26. The summed E-state index contributed by atoms with van der Waals surface area (Å²) >= 11 is 0. The fourth-order valence-electron chi connectivity index (χ4n) is 6.35. The first-order valence-corrected chi connectivity index (χ1v) is 13.6. The molecule has 196 valence electrons. The van der Waals surface area contributed by atoms with Crippen LogP contribution in [0, 0.1) is 30.6 Å². The molecule has 3 aliphatic rings. The highest BCUT2D eigenvalue weighted by Crippen LogP contribution is 2.47. The zero-order valence-electron chi connectivity index (χ0n) is 21.8. The number of rotatable bonds is 8. The number of anilines is 2. The molecule has 3 atom stereocenters. The minimum Gasteiger partial charge on any atom is -0.384 e. The second kappa shape index (κ2) is 10.6. The molecule has 1 saturated heterocycles. The molecule has 3 amide bonds. The van der Waals surface area contributed by atoms with Crippen LogP contribution in [0.25, 0.3) is 0 Å². The number of pyridine rings is 2. The van der Waals surface area contributed by atoms with E-state index in [9.17, 15) is 14.4 Å². The molecule has 2 saturated carbocycles. The van der Waals surface area contributed by atoms with Crippen LogP contribution < -0.4 is 10.6 Å². The molecule has 8 heteroatoms. The molecule has 2 N–H and O–H groups in total. The normalized spacial score (nSPS) is 22.9. The van der Waals surface area contributed by atoms with E-state index in [0.29, 0.717) is 42.1 Å². The van der Waals surface area contributed by atoms with Crippen LogP contribution in [0.15, 0.2) is 36.7 Å². The summed E-state index contributed by atoms with van der Waals surface area (Å²) < 4.78 is 0. The third kappa shape index (κ3) is 5.38. The minimum absolute atomic E-state index is 0.198. The monoisotopic (exact) mass is 503 g/mol. The fraction of sp³-hybridized carbons (Fsp3) is 0.552. The topological polar surface area (TPSA) is 109 Å². The highest BCUT2D eigenvalue weighted by atomic mass is 16.2. The van der Waals surface area contributed by atoms with Gasteiger partial charge in [0.05, 0.1) is 5.92 Å². The molecule has 3 fully saturated rings. The molecule has 2 aliphatic carbocycles. The van der Waals surface area contributed by atoms with Crippen LogP contribution in [0.5, 0.6) is 0 Å². The van der Waals surface area contributed by atoms with Crippen molar-refractivity contribution in [2.45, 2.75) is 70.8 Å². The highest BCUT2D eigenvalue weighted by Gasteiger charge is 2.55. The van der Waals surface area contributed by atoms with E-state index in [1.54, 1.807) is 42.5 Å². The summed E-state index contributed by atoms with van der Waals surface area (Å²) in [7, 11) is 1.69. The number of aromatic nitrogens is 2. The van der Waals surface area contributed by atoms with Gasteiger partial charge in [0.1, 0.15) is 11.9 Å². The van der Waals surface area contributed by atoms with Gasteiger partial charge in [0.2, 0.25) is 11.8 Å². The quantitative estimate of drug-likeness (QED) is 0.547. The summed E-state index contributed by atoms with van der Waals surface area (Å²) in [4.78, 5) is 52.0. The average molecular weight is 504 g/mol. The van der Waals surface area contributed by atoms with E-state index in [2.05, 4.69) is 9.97 Å². The largest absolute Gasteiger partial charge is 0.384 e. The molecule has 2 aromatic rings. The lowest BCUT2D eigenvalue weighted by molar-refractivity contribution is -0.171. The van der Waals surface area contributed by atoms with Crippen molar-refractivity contribution in [2.75, 3.05) is 17.7 Å². The van der Waals surface area contributed by atoms with Crippen LogP contribution >= 0.6 is 0 Å². The lowest BCUT2D eigenvalue weighted by Gasteiger charge is -2.46. The number of hydrogen-bond acceptors (Lipinski definition) is 6. The van der Waals surface area contributed by atoms with Crippen molar-refractivity contribution in [3.63, 3.8) is 0 Å². The van der Waals surface area contributed by atoms with Gasteiger partial charge in [-0.1, -0.05) is 32.1 Å². The van der Waals surface area contributed by atoms with E-state index in [4.69, 9.17) is 5.73 Å². The van der Waals surface area contributed by atoms with E-state index < -0.39 is 12.0 Å². The van der Waals surface area contributed by atoms with Crippen LogP contribution in [0.4, 0.5) is 11.5 Å². The van der Waals surface area contributed by atoms with Crippen LogP contribution in [0.1, 0.15) is 62.6 Å². The van der Waals surface area contributed by atoms with Gasteiger partial charge >= 0.3 is 0 Å². The Morgan fingerprint density at radius 1 is 1.05 bits per heavy atom. The number of nitrogens with two attached hydrogens (primary N) is 1. The van der Waals surface area contributed by atoms with E-state index in [1.807, 2.05) is 13.0 Å². The third-order valence-corrected chi connectivity index (χ3v) is 8.53. The van der Waals surface area contributed by atoms with Gasteiger partial charge < -0.3 is 10.6 Å². The maximum absolute atomic E-state index is 13.8. The van der Waals surface area contributed by atoms with Crippen molar-refractivity contribution in [2.24, 2.45) is 23.7 Å². The molecule has 0 bridgehead atoms. The first-order chi connectivity index (χ1) is 17.8. The molecule has 0 radical (unpaired) electrons. The summed E-state index contributed by atoms with van der Waals surface area (Å²) in [5.74, 6) is 0.473. The summed E-state index contributed by atoms with van der Waals surface area (Å²) in [6, 6.07) is 6.29. The first-order valence-electron chi connectivity index (χ1n) is 13.6. The standard InChI is InChI=1S/C29H37N5O3/c1-18-14-22(11-13-31-18)33(2)29(37)27-24(15-19-10-12-32-25(30)16-19)28(36)34(27)26(35)17-23(21-8-9-21)20-6-4-3-5-7-20/h10-14,16,20-21,23-24,27H,3-9,15,17H2,1-2H3,(H2,30,32)/t23-,24+,27-/m0/s1. The van der Waals surface area contributed by atoms with Crippen molar-refractivity contribution in [1.29, 1.82) is 0 Å². The molecule has 2 aromatic heterocycles. The molecule has 5 rings (SSSR count). The second-order valence-corrected chi connectivity index (χ2v) is 11.1. The molecular weight excluding hydrogens is 466 g/mol. The van der Waals surface area contributed by atoms with Gasteiger partial charge in [-0.3, -0.25) is 24.3 Å². The molecule has 8 nitrogen and oxygen atoms in total. The molecule has 0 aromatic carbocycles. The van der Waals surface area contributed by atoms with Gasteiger partial charge in [0, 0.05) is 37.2 Å². The number of imide groups is 1. The minimum atomic E-state index is -0.834. The van der Waals surface area contributed by atoms with Crippen LogP contribution in [0.2, 0.25) is 0 Å². The van der Waals surface area contributed by atoms with E-state index in [1.165, 1.54) is 49.8 Å². The van der Waals surface area contributed by atoms with E-state index in [0.717, 1.165) is 11.3 Å². The van der Waals surface area contributed by atoms with Crippen LogP contribution in [0.3, 0.4) is 0 Å². The lowest BCUT2D eigenvalue weighted by Crippen LogP contribution is -2.69. The SMILES string of the molecule is Cc1cc(N(C)C(=O)[C@@H]2[C@@H](Cc3ccnc(N)c3)C(=O)N2C(=O)C[C@@H](C2CCCCC2)C2CC2)ccn1. The summed E-state index contributed by atoms with van der Waals surface area (Å²) in [5, 5.41) is 0.